The Morgan fingerprint density at radius 3 is 1.65 bits per heavy atom. The van der Waals surface area contributed by atoms with Gasteiger partial charge in [0.2, 0.25) is 0 Å². The van der Waals surface area contributed by atoms with E-state index in [1.54, 1.807) is 0 Å². The Bertz CT molecular complexity index is 797. The van der Waals surface area contributed by atoms with Crippen LogP contribution in [-0.4, -0.2) is 12.1 Å². The molecule has 0 amide bonds. The van der Waals surface area contributed by atoms with E-state index in [1.165, 1.54) is 34.4 Å². The molecule has 0 N–H and O–H groups in total. The molecular weight excluding hydrogens is 333 g/mol. The van der Waals surface area contributed by atoms with Crippen molar-refractivity contribution in [2.45, 2.75) is 38.8 Å². The minimum Gasteiger partial charge on any atom is -0.366 e. The van der Waals surface area contributed by atoms with Crippen LogP contribution in [0, 0.1) is 0 Å². The molecule has 3 aromatic rings. The van der Waals surface area contributed by atoms with E-state index in [0.29, 0.717) is 12.1 Å². The van der Waals surface area contributed by atoms with Crippen molar-refractivity contribution in [3.63, 3.8) is 0 Å². The van der Waals surface area contributed by atoms with E-state index < -0.39 is 7.92 Å². The first-order chi connectivity index (χ1) is 12.8. The van der Waals surface area contributed by atoms with Gasteiger partial charge in [-0.05, 0) is 51.3 Å². The molecule has 2 heteroatoms. The average molecular weight is 359 g/mol. The van der Waals surface area contributed by atoms with E-state index in [-0.39, 0.29) is 0 Å². The van der Waals surface area contributed by atoms with Crippen molar-refractivity contribution in [3.05, 3.63) is 84.9 Å². The second-order valence-corrected chi connectivity index (χ2v) is 9.36. The predicted molar refractivity (Wildman–Crippen MR) is 116 cm³/mol. The van der Waals surface area contributed by atoms with Crippen molar-refractivity contribution in [3.8, 4) is 0 Å². The summed E-state index contributed by atoms with van der Waals surface area (Å²) in [7, 11) is -0.563. The predicted octanol–water partition coefficient (Wildman–Crippen LogP) is 4.82. The zero-order valence-electron chi connectivity index (χ0n) is 15.5. The van der Waals surface area contributed by atoms with Crippen LogP contribution in [-0.2, 0) is 0 Å². The van der Waals surface area contributed by atoms with Crippen LogP contribution in [0.15, 0.2) is 84.9 Å². The molecule has 0 aliphatic carbocycles. The number of hydrogen-bond acceptors (Lipinski definition) is 1. The Hall–Kier alpha value is -2.11. The molecule has 1 nitrogen and oxygen atoms in total. The molecule has 0 bridgehead atoms. The van der Waals surface area contributed by atoms with Crippen LogP contribution >= 0.6 is 7.92 Å². The summed E-state index contributed by atoms with van der Waals surface area (Å²) in [5, 5.41) is 4.31. The lowest BCUT2D eigenvalue weighted by molar-refractivity contribution is 0.696. The molecule has 0 radical (unpaired) electrons. The molecule has 2 atom stereocenters. The maximum atomic E-state index is 2.65. The molecule has 0 saturated carbocycles. The minimum atomic E-state index is -0.563. The molecule has 1 aliphatic rings. The first-order valence-electron chi connectivity index (χ1n) is 9.53. The molecule has 26 heavy (non-hydrogen) atoms. The molecule has 0 spiro atoms. The molecule has 1 aliphatic heterocycles. The highest BCUT2D eigenvalue weighted by Crippen LogP contribution is 2.39. The average Bonchev–Trinajstić information content (AvgIpc) is 3.02. The molecule has 132 valence electrons. The van der Waals surface area contributed by atoms with Gasteiger partial charge in [0.15, 0.2) is 0 Å². The van der Waals surface area contributed by atoms with E-state index in [2.05, 4.69) is 104 Å². The van der Waals surface area contributed by atoms with Crippen LogP contribution in [0.4, 0.5) is 5.69 Å². The Labute approximate surface area is 158 Å². The fourth-order valence-electron chi connectivity index (χ4n) is 4.12. The molecular formula is C24H26NP. The third kappa shape index (κ3) is 3.29. The van der Waals surface area contributed by atoms with Crippen LogP contribution in [0.25, 0.3) is 0 Å². The van der Waals surface area contributed by atoms with E-state index in [0.717, 1.165) is 0 Å². The molecule has 0 aromatic heterocycles. The standard InChI is InChI=1S/C24H26NP/c1-19-17-18-20(2)25(19)23-15-9-10-16-24(23)26(21-11-5-3-6-12-21)22-13-7-4-8-14-22/h3-16,19-20H,17-18H2,1-2H3/t19-,20-/m1/s1. The van der Waals surface area contributed by atoms with Gasteiger partial charge in [0, 0.05) is 23.1 Å². The van der Waals surface area contributed by atoms with Crippen LogP contribution in [0.1, 0.15) is 26.7 Å². The highest BCUT2D eigenvalue weighted by atomic mass is 31.1. The zero-order chi connectivity index (χ0) is 17.9. The molecule has 0 unspecified atom stereocenters. The molecule has 1 heterocycles. The smallest absolute Gasteiger partial charge is 0.0455 e. The Morgan fingerprint density at radius 1 is 0.654 bits per heavy atom. The molecule has 4 rings (SSSR count). The summed E-state index contributed by atoms with van der Waals surface area (Å²) < 4.78 is 0. The van der Waals surface area contributed by atoms with Crippen LogP contribution < -0.4 is 20.8 Å². The third-order valence-electron chi connectivity index (χ3n) is 5.38. The second kappa shape index (κ2) is 7.64. The van der Waals surface area contributed by atoms with Crippen molar-refractivity contribution in [2.24, 2.45) is 0 Å². The Balaban J connectivity index is 1.88. The lowest BCUT2D eigenvalue weighted by Crippen LogP contribution is -2.37. The van der Waals surface area contributed by atoms with Gasteiger partial charge in [0.05, 0.1) is 0 Å². The number of anilines is 1. The normalized spacial score (nSPS) is 19.9. The van der Waals surface area contributed by atoms with Gasteiger partial charge in [-0.15, -0.1) is 0 Å². The van der Waals surface area contributed by atoms with Crippen molar-refractivity contribution in [1.82, 2.24) is 0 Å². The maximum absolute atomic E-state index is 2.65. The molecule has 1 fully saturated rings. The largest absolute Gasteiger partial charge is 0.366 e. The van der Waals surface area contributed by atoms with Gasteiger partial charge in [-0.3, -0.25) is 0 Å². The third-order valence-corrected chi connectivity index (χ3v) is 7.87. The maximum Gasteiger partial charge on any atom is 0.0455 e. The lowest BCUT2D eigenvalue weighted by atomic mass is 10.2. The lowest BCUT2D eigenvalue weighted by Gasteiger charge is -2.33. The van der Waals surface area contributed by atoms with Crippen LogP contribution in [0.3, 0.4) is 0 Å². The summed E-state index contributed by atoms with van der Waals surface area (Å²) in [6, 6.07) is 32.3. The van der Waals surface area contributed by atoms with Gasteiger partial charge in [0.25, 0.3) is 0 Å². The van der Waals surface area contributed by atoms with Crippen molar-refractivity contribution >= 4 is 29.5 Å². The fraction of sp³-hybridized carbons (Fsp3) is 0.250. The first-order valence-corrected chi connectivity index (χ1v) is 10.9. The summed E-state index contributed by atoms with van der Waals surface area (Å²) >= 11 is 0. The summed E-state index contributed by atoms with van der Waals surface area (Å²) in [6.07, 6.45) is 2.56. The summed E-state index contributed by atoms with van der Waals surface area (Å²) in [5.74, 6) is 0. The van der Waals surface area contributed by atoms with Gasteiger partial charge in [-0.1, -0.05) is 78.9 Å². The van der Waals surface area contributed by atoms with Gasteiger partial charge in [0.1, 0.15) is 0 Å². The van der Waals surface area contributed by atoms with Crippen molar-refractivity contribution < 1.29 is 0 Å². The zero-order valence-corrected chi connectivity index (χ0v) is 16.4. The monoisotopic (exact) mass is 359 g/mol. The van der Waals surface area contributed by atoms with Gasteiger partial charge in [-0.2, -0.15) is 0 Å². The quantitative estimate of drug-likeness (QED) is 0.604. The van der Waals surface area contributed by atoms with Gasteiger partial charge in [-0.25, -0.2) is 0 Å². The molecule has 3 aromatic carbocycles. The SMILES string of the molecule is C[C@@H]1CC[C@@H](C)N1c1ccccc1P(c1ccccc1)c1ccccc1. The number of nitrogens with zero attached hydrogens (tertiary/aromatic N) is 1. The Morgan fingerprint density at radius 2 is 1.12 bits per heavy atom. The topological polar surface area (TPSA) is 3.24 Å². The molecule has 1 saturated heterocycles. The number of para-hydroxylation sites is 1. The highest BCUT2D eigenvalue weighted by molar-refractivity contribution is 7.80. The summed E-state index contributed by atoms with van der Waals surface area (Å²) in [4.78, 5) is 2.65. The Kier molecular flexibility index (Phi) is 5.09. The van der Waals surface area contributed by atoms with Crippen molar-refractivity contribution in [2.75, 3.05) is 4.90 Å². The number of benzene rings is 3. The van der Waals surface area contributed by atoms with E-state index >= 15 is 0 Å². The number of rotatable bonds is 4. The minimum absolute atomic E-state index is 0.563. The summed E-state index contributed by atoms with van der Waals surface area (Å²) in [5.41, 5.74) is 1.42. The van der Waals surface area contributed by atoms with E-state index in [1.807, 2.05) is 0 Å². The number of hydrogen-bond donors (Lipinski definition) is 0. The second-order valence-electron chi connectivity index (χ2n) is 7.18. The van der Waals surface area contributed by atoms with Gasteiger partial charge >= 0.3 is 0 Å². The fourth-order valence-corrected chi connectivity index (χ4v) is 6.57. The highest BCUT2D eigenvalue weighted by Gasteiger charge is 2.31. The van der Waals surface area contributed by atoms with Crippen molar-refractivity contribution in [1.29, 1.82) is 0 Å². The van der Waals surface area contributed by atoms with E-state index in [9.17, 15) is 0 Å². The van der Waals surface area contributed by atoms with Crippen LogP contribution in [0.2, 0.25) is 0 Å². The summed E-state index contributed by atoms with van der Waals surface area (Å²) in [6.45, 7) is 4.74. The van der Waals surface area contributed by atoms with Gasteiger partial charge < -0.3 is 4.90 Å². The first kappa shape index (κ1) is 17.3. The van der Waals surface area contributed by atoms with Crippen LogP contribution in [0.5, 0.6) is 0 Å². The van der Waals surface area contributed by atoms with E-state index in [4.69, 9.17) is 0 Å².